The van der Waals surface area contributed by atoms with Crippen molar-refractivity contribution < 1.29 is 13.5 Å². The number of aliphatic hydroxyl groups is 1. The molecule has 8 heteroatoms. The van der Waals surface area contributed by atoms with Gasteiger partial charge in [-0.2, -0.15) is 5.10 Å². The Balaban J connectivity index is 2.03. The molecule has 1 heterocycles. The minimum Gasteiger partial charge on any atom is -0.390 e. The van der Waals surface area contributed by atoms with E-state index in [0.717, 1.165) is 0 Å². The fourth-order valence-corrected chi connectivity index (χ4v) is 3.44. The Bertz CT molecular complexity index is 938. The van der Waals surface area contributed by atoms with Gasteiger partial charge in [0.1, 0.15) is 0 Å². The first-order valence-corrected chi connectivity index (χ1v) is 8.89. The van der Waals surface area contributed by atoms with Crippen LogP contribution in [0.4, 0.5) is 5.82 Å². The first kappa shape index (κ1) is 16.5. The van der Waals surface area contributed by atoms with E-state index in [1.165, 1.54) is 12.1 Å². The fourth-order valence-electron chi connectivity index (χ4n) is 2.28. The van der Waals surface area contributed by atoms with E-state index in [1.54, 1.807) is 42.5 Å². The summed E-state index contributed by atoms with van der Waals surface area (Å²) in [6.45, 7) is -0.308. The van der Waals surface area contributed by atoms with Crippen molar-refractivity contribution in [3.8, 4) is 11.1 Å². The Morgan fingerprint density at radius 3 is 2.38 bits per heavy atom. The molecule has 6 nitrogen and oxygen atoms in total. The largest absolute Gasteiger partial charge is 0.390 e. The highest BCUT2D eigenvalue weighted by Crippen LogP contribution is 2.32. The van der Waals surface area contributed by atoms with Gasteiger partial charge in [-0.25, -0.2) is 8.42 Å². The molecular formula is C16H14ClN3O3S. The molecule has 1 aromatic heterocycles. The van der Waals surface area contributed by atoms with Crippen LogP contribution in [0.5, 0.6) is 0 Å². The number of H-pyrrole nitrogens is 1. The number of hydrogen-bond donors (Lipinski definition) is 3. The third-order valence-corrected chi connectivity index (χ3v) is 5.02. The second-order valence-corrected chi connectivity index (χ2v) is 7.13. The molecule has 0 amide bonds. The lowest BCUT2D eigenvalue weighted by atomic mass is 10.1. The Morgan fingerprint density at radius 2 is 1.75 bits per heavy atom. The monoisotopic (exact) mass is 363 g/mol. The summed E-state index contributed by atoms with van der Waals surface area (Å²) in [7, 11) is -3.79. The molecular weight excluding hydrogens is 350 g/mol. The van der Waals surface area contributed by atoms with Crippen LogP contribution in [-0.4, -0.2) is 23.7 Å². The lowest BCUT2D eigenvalue weighted by molar-refractivity contribution is 0.277. The van der Waals surface area contributed by atoms with Crippen LogP contribution >= 0.6 is 11.6 Å². The standard InChI is InChI=1S/C16H14ClN3O3S/c17-12-8-6-11(7-9-12)15-14(10-21)18-19-16(15)20-24(22,23)13-4-2-1-3-5-13/h1-9,21H,10H2,(H2,18,19,20). The molecule has 2 aromatic carbocycles. The van der Waals surface area contributed by atoms with E-state index in [0.29, 0.717) is 21.8 Å². The van der Waals surface area contributed by atoms with Crippen LogP contribution in [0.25, 0.3) is 11.1 Å². The number of aromatic amines is 1. The van der Waals surface area contributed by atoms with Gasteiger partial charge in [-0.3, -0.25) is 9.82 Å². The Labute approximate surface area is 144 Å². The topological polar surface area (TPSA) is 95.1 Å². The van der Waals surface area contributed by atoms with Crippen LogP contribution in [0.15, 0.2) is 59.5 Å². The van der Waals surface area contributed by atoms with Crippen molar-refractivity contribution in [2.75, 3.05) is 4.72 Å². The fraction of sp³-hybridized carbons (Fsp3) is 0.0625. The Hall–Kier alpha value is -2.35. The number of hydrogen-bond acceptors (Lipinski definition) is 4. The second-order valence-electron chi connectivity index (χ2n) is 5.01. The minimum absolute atomic E-state index is 0.116. The van der Waals surface area contributed by atoms with Gasteiger partial charge in [0.05, 0.1) is 22.8 Å². The van der Waals surface area contributed by atoms with Gasteiger partial charge < -0.3 is 5.11 Å². The second kappa shape index (κ2) is 6.64. The number of rotatable bonds is 5. The highest BCUT2D eigenvalue weighted by Gasteiger charge is 2.21. The summed E-state index contributed by atoms with van der Waals surface area (Å²) in [5.74, 6) is 0.116. The molecule has 3 N–H and O–H groups in total. The van der Waals surface area contributed by atoms with Gasteiger partial charge in [-0.05, 0) is 29.8 Å². The molecule has 24 heavy (non-hydrogen) atoms. The summed E-state index contributed by atoms with van der Waals surface area (Å²) in [4.78, 5) is 0.126. The minimum atomic E-state index is -3.79. The highest BCUT2D eigenvalue weighted by molar-refractivity contribution is 7.92. The van der Waals surface area contributed by atoms with E-state index >= 15 is 0 Å². The first-order chi connectivity index (χ1) is 11.5. The molecule has 124 valence electrons. The highest BCUT2D eigenvalue weighted by atomic mass is 35.5. The Morgan fingerprint density at radius 1 is 1.08 bits per heavy atom. The predicted octanol–water partition coefficient (Wildman–Crippen LogP) is 3.02. The van der Waals surface area contributed by atoms with E-state index in [4.69, 9.17) is 11.6 Å². The number of sulfonamides is 1. The number of nitrogens with one attached hydrogen (secondary N) is 2. The van der Waals surface area contributed by atoms with Gasteiger partial charge in [0.25, 0.3) is 10.0 Å². The van der Waals surface area contributed by atoms with Crippen LogP contribution in [0.2, 0.25) is 5.02 Å². The number of halogens is 1. The SMILES string of the molecule is O=S(=O)(Nc1n[nH]c(CO)c1-c1ccc(Cl)cc1)c1ccccc1. The predicted molar refractivity (Wildman–Crippen MR) is 92.2 cm³/mol. The molecule has 0 radical (unpaired) electrons. The van der Waals surface area contributed by atoms with Crippen molar-refractivity contribution in [2.24, 2.45) is 0 Å². The molecule has 0 saturated heterocycles. The van der Waals surface area contributed by atoms with Crippen molar-refractivity contribution >= 4 is 27.4 Å². The molecule has 0 aliphatic rings. The number of aromatic nitrogens is 2. The van der Waals surface area contributed by atoms with Gasteiger partial charge in [0, 0.05) is 5.02 Å². The molecule has 0 fully saturated rings. The number of benzene rings is 2. The van der Waals surface area contributed by atoms with Gasteiger partial charge in [-0.15, -0.1) is 0 Å². The van der Waals surface area contributed by atoms with Gasteiger partial charge >= 0.3 is 0 Å². The maximum Gasteiger partial charge on any atom is 0.263 e. The van der Waals surface area contributed by atoms with E-state index in [2.05, 4.69) is 14.9 Å². The molecule has 0 atom stereocenters. The summed E-state index contributed by atoms with van der Waals surface area (Å²) < 4.78 is 27.4. The van der Waals surface area contributed by atoms with Crippen molar-refractivity contribution in [3.05, 3.63) is 65.3 Å². The molecule has 0 bridgehead atoms. The normalized spacial score (nSPS) is 11.4. The zero-order valence-electron chi connectivity index (χ0n) is 12.4. The van der Waals surface area contributed by atoms with Crippen LogP contribution in [0, 0.1) is 0 Å². The molecule has 0 aliphatic heterocycles. The third-order valence-electron chi connectivity index (χ3n) is 3.42. The van der Waals surface area contributed by atoms with E-state index in [9.17, 15) is 13.5 Å². The average Bonchev–Trinajstić information content (AvgIpc) is 2.98. The summed E-state index contributed by atoms with van der Waals surface area (Å²) in [5.41, 5.74) is 1.57. The van der Waals surface area contributed by atoms with Crippen molar-refractivity contribution in [2.45, 2.75) is 11.5 Å². The summed E-state index contributed by atoms with van der Waals surface area (Å²) in [5, 5.41) is 16.7. The van der Waals surface area contributed by atoms with E-state index < -0.39 is 10.0 Å². The third kappa shape index (κ3) is 3.28. The lowest BCUT2D eigenvalue weighted by Gasteiger charge is -2.09. The number of aliphatic hydroxyl groups excluding tert-OH is 1. The van der Waals surface area contributed by atoms with Gasteiger partial charge in [0.15, 0.2) is 5.82 Å². The number of anilines is 1. The van der Waals surface area contributed by atoms with Crippen molar-refractivity contribution in [1.29, 1.82) is 0 Å². The zero-order valence-corrected chi connectivity index (χ0v) is 14.0. The summed E-state index contributed by atoms with van der Waals surface area (Å²) in [6, 6.07) is 14.8. The molecule has 0 unspecified atom stereocenters. The zero-order chi connectivity index (χ0) is 17.2. The van der Waals surface area contributed by atoms with Gasteiger partial charge in [0.2, 0.25) is 0 Å². The summed E-state index contributed by atoms with van der Waals surface area (Å²) >= 11 is 5.89. The maximum atomic E-state index is 12.5. The quantitative estimate of drug-likeness (QED) is 0.649. The van der Waals surface area contributed by atoms with Crippen molar-refractivity contribution in [3.63, 3.8) is 0 Å². The van der Waals surface area contributed by atoms with E-state index in [1.807, 2.05) is 0 Å². The number of nitrogens with zero attached hydrogens (tertiary/aromatic N) is 1. The van der Waals surface area contributed by atoms with Crippen LogP contribution in [-0.2, 0) is 16.6 Å². The summed E-state index contributed by atoms with van der Waals surface area (Å²) in [6.07, 6.45) is 0. The van der Waals surface area contributed by atoms with Crippen LogP contribution in [0.3, 0.4) is 0 Å². The smallest absolute Gasteiger partial charge is 0.263 e. The molecule has 0 spiro atoms. The molecule has 0 saturated carbocycles. The maximum absolute atomic E-state index is 12.5. The van der Waals surface area contributed by atoms with Crippen LogP contribution in [0.1, 0.15) is 5.69 Å². The Kier molecular flexibility index (Phi) is 4.57. The van der Waals surface area contributed by atoms with Crippen molar-refractivity contribution in [1.82, 2.24) is 10.2 Å². The van der Waals surface area contributed by atoms with Crippen LogP contribution < -0.4 is 4.72 Å². The molecule has 3 rings (SSSR count). The first-order valence-electron chi connectivity index (χ1n) is 7.03. The van der Waals surface area contributed by atoms with Gasteiger partial charge in [-0.1, -0.05) is 41.9 Å². The van der Waals surface area contributed by atoms with E-state index in [-0.39, 0.29) is 17.3 Å². The lowest BCUT2D eigenvalue weighted by Crippen LogP contribution is -2.13. The molecule has 0 aliphatic carbocycles. The molecule has 3 aromatic rings. The average molecular weight is 364 g/mol.